The number of fused-ring (bicyclic) bond motifs is 1. The Labute approximate surface area is 112 Å². The molecule has 2 aromatic heterocycles. The van der Waals surface area contributed by atoms with E-state index < -0.39 is 0 Å². The van der Waals surface area contributed by atoms with Gasteiger partial charge < -0.3 is 0 Å². The fourth-order valence-electron chi connectivity index (χ4n) is 1.72. The predicted octanol–water partition coefficient (Wildman–Crippen LogP) is 4.68. The van der Waals surface area contributed by atoms with Gasteiger partial charge in [0, 0.05) is 27.9 Å². The Morgan fingerprint density at radius 2 is 2.12 bits per heavy atom. The van der Waals surface area contributed by atoms with E-state index >= 15 is 0 Å². The van der Waals surface area contributed by atoms with E-state index in [4.69, 9.17) is 23.2 Å². The summed E-state index contributed by atoms with van der Waals surface area (Å²) in [5.74, 6) is 0. The SMILES string of the molecule is Cc1csc2nc(-c3cc(Cl)ccc3Cl)cn12. The van der Waals surface area contributed by atoms with E-state index in [1.807, 2.05) is 12.3 Å². The molecule has 0 radical (unpaired) electrons. The van der Waals surface area contributed by atoms with E-state index in [1.165, 1.54) is 5.69 Å². The molecule has 0 N–H and O–H groups in total. The van der Waals surface area contributed by atoms with Crippen LogP contribution in [-0.4, -0.2) is 9.38 Å². The van der Waals surface area contributed by atoms with E-state index in [0.29, 0.717) is 10.0 Å². The van der Waals surface area contributed by atoms with Crippen LogP contribution in [0.5, 0.6) is 0 Å². The lowest BCUT2D eigenvalue weighted by Crippen LogP contribution is -1.80. The topological polar surface area (TPSA) is 17.3 Å². The molecule has 0 fully saturated rings. The Bertz CT molecular complexity index is 700. The molecule has 0 bridgehead atoms. The zero-order valence-electron chi connectivity index (χ0n) is 8.95. The predicted molar refractivity (Wildman–Crippen MR) is 73.3 cm³/mol. The lowest BCUT2D eigenvalue weighted by atomic mass is 10.2. The lowest BCUT2D eigenvalue weighted by Gasteiger charge is -2.00. The molecule has 0 aliphatic heterocycles. The van der Waals surface area contributed by atoms with Crippen LogP contribution in [0.4, 0.5) is 0 Å². The summed E-state index contributed by atoms with van der Waals surface area (Å²) < 4.78 is 2.05. The molecule has 0 aliphatic carbocycles. The molecule has 1 aromatic carbocycles. The maximum Gasteiger partial charge on any atom is 0.194 e. The van der Waals surface area contributed by atoms with Gasteiger partial charge in [0.1, 0.15) is 0 Å². The van der Waals surface area contributed by atoms with Gasteiger partial charge in [-0.2, -0.15) is 0 Å². The largest absolute Gasteiger partial charge is 0.294 e. The third kappa shape index (κ3) is 1.84. The normalized spacial score (nSPS) is 11.2. The molecular formula is C12H8Cl2N2S. The van der Waals surface area contributed by atoms with E-state index in [-0.39, 0.29) is 0 Å². The van der Waals surface area contributed by atoms with Crippen molar-refractivity contribution in [1.29, 1.82) is 0 Å². The maximum atomic E-state index is 6.16. The number of halogens is 2. The van der Waals surface area contributed by atoms with Gasteiger partial charge in [-0.15, -0.1) is 11.3 Å². The molecule has 17 heavy (non-hydrogen) atoms. The Hall–Kier alpha value is -1.03. The van der Waals surface area contributed by atoms with Crippen LogP contribution >= 0.6 is 34.5 Å². The molecule has 3 rings (SSSR count). The van der Waals surface area contributed by atoms with E-state index in [1.54, 1.807) is 23.5 Å². The van der Waals surface area contributed by atoms with Crippen molar-refractivity contribution in [1.82, 2.24) is 9.38 Å². The van der Waals surface area contributed by atoms with Crippen LogP contribution in [0.1, 0.15) is 5.69 Å². The summed E-state index contributed by atoms with van der Waals surface area (Å²) in [5, 5.41) is 3.40. The Balaban J connectivity index is 2.23. The Kier molecular flexibility index (Phi) is 2.62. The minimum Gasteiger partial charge on any atom is -0.294 e. The lowest BCUT2D eigenvalue weighted by molar-refractivity contribution is 1.13. The number of thiazole rings is 1. The zero-order chi connectivity index (χ0) is 12.0. The highest BCUT2D eigenvalue weighted by molar-refractivity contribution is 7.15. The van der Waals surface area contributed by atoms with Gasteiger partial charge in [-0.3, -0.25) is 4.40 Å². The van der Waals surface area contributed by atoms with Gasteiger partial charge in [0.25, 0.3) is 0 Å². The van der Waals surface area contributed by atoms with Gasteiger partial charge in [-0.05, 0) is 25.1 Å². The molecule has 5 heteroatoms. The summed E-state index contributed by atoms with van der Waals surface area (Å²) in [7, 11) is 0. The molecule has 0 saturated carbocycles. The monoisotopic (exact) mass is 282 g/mol. The second-order valence-corrected chi connectivity index (χ2v) is 5.46. The standard InChI is InChI=1S/C12H8Cl2N2S/c1-7-6-17-12-15-11(5-16(7)12)9-4-8(13)2-3-10(9)14/h2-6H,1H3. The number of nitrogens with zero attached hydrogens (tertiary/aromatic N) is 2. The number of aryl methyl sites for hydroxylation is 1. The fraction of sp³-hybridized carbons (Fsp3) is 0.0833. The van der Waals surface area contributed by atoms with Crippen LogP contribution in [-0.2, 0) is 0 Å². The first-order valence-electron chi connectivity index (χ1n) is 5.04. The summed E-state index contributed by atoms with van der Waals surface area (Å²) in [6.45, 7) is 2.05. The van der Waals surface area contributed by atoms with Crippen molar-refractivity contribution >= 4 is 39.5 Å². The minimum atomic E-state index is 0.664. The first kappa shape index (κ1) is 11.1. The molecular weight excluding hydrogens is 275 g/mol. The number of hydrogen-bond donors (Lipinski definition) is 0. The van der Waals surface area contributed by atoms with Crippen molar-refractivity contribution in [2.45, 2.75) is 6.92 Å². The summed E-state index contributed by atoms with van der Waals surface area (Å²) in [6, 6.07) is 5.41. The number of aromatic nitrogens is 2. The molecule has 2 nitrogen and oxygen atoms in total. The highest BCUT2D eigenvalue weighted by Gasteiger charge is 2.10. The Morgan fingerprint density at radius 1 is 1.29 bits per heavy atom. The second-order valence-electron chi connectivity index (χ2n) is 3.78. The molecule has 86 valence electrons. The number of benzene rings is 1. The molecule has 0 saturated heterocycles. The van der Waals surface area contributed by atoms with Crippen molar-refractivity contribution in [2.24, 2.45) is 0 Å². The molecule has 3 aromatic rings. The number of rotatable bonds is 1. The van der Waals surface area contributed by atoms with Crippen LogP contribution in [0.25, 0.3) is 16.2 Å². The first-order chi connectivity index (χ1) is 8.15. The third-order valence-electron chi connectivity index (χ3n) is 2.59. The van der Waals surface area contributed by atoms with Crippen molar-refractivity contribution < 1.29 is 0 Å². The van der Waals surface area contributed by atoms with E-state index in [2.05, 4.69) is 21.7 Å². The van der Waals surface area contributed by atoms with Crippen LogP contribution < -0.4 is 0 Å². The molecule has 0 amide bonds. The molecule has 0 atom stereocenters. The van der Waals surface area contributed by atoms with Gasteiger partial charge in [0.05, 0.1) is 10.7 Å². The van der Waals surface area contributed by atoms with Gasteiger partial charge in [0.2, 0.25) is 0 Å². The van der Waals surface area contributed by atoms with Crippen molar-refractivity contribution in [3.63, 3.8) is 0 Å². The summed E-state index contributed by atoms with van der Waals surface area (Å²) in [5.41, 5.74) is 2.89. The van der Waals surface area contributed by atoms with Crippen LogP contribution in [0, 0.1) is 6.92 Å². The van der Waals surface area contributed by atoms with E-state index in [9.17, 15) is 0 Å². The van der Waals surface area contributed by atoms with Crippen LogP contribution in [0.15, 0.2) is 29.8 Å². The maximum absolute atomic E-state index is 6.16. The molecule has 2 heterocycles. The average molecular weight is 283 g/mol. The highest BCUT2D eigenvalue weighted by atomic mass is 35.5. The van der Waals surface area contributed by atoms with Crippen molar-refractivity contribution in [3.8, 4) is 11.3 Å². The Morgan fingerprint density at radius 3 is 2.88 bits per heavy atom. The molecule has 0 unspecified atom stereocenters. The molecule has 0 aliphatic rings. The van der Waals surface area contributed by atoms with Gasteiger partial charge in [0.15, 0.2) is 4.96 Å². The molecule has 0 spiro atoms. The quantitative estimate of drug-likeness (QED) is 0.634. The summed E-state index contributed by atoms with van der Waals surface area (Å²) in [6.07, 6.45) is 1.98. The van der Waals surface area contributed by atoms with Crippen molar-refractivity contribution in [3.05, 3.63) is 45.5 Å². The average Bonchev–Trinajstić information content (AvgIpc) is 2.85. The number of hydrogen-bond acceptors (Lipinski definition) is 2. The van der Waals surface area contributed by atoms with E-state index in [0.717, 1.165) is 16.2 Å². The third-order valence-corrected chi connectivity index (χ3v) is 4.12. The van der Waals surface area contributed by atoms with Crippen molar-refractivity contribution in [2.75, 3.05) is 0 Å². The summed E-state index contributed by atoms with van der Waals surface area (Å²) in [4.78, 5) is 5.51. The minimum absolute atomic E-state index is 0.664. The highest BCUT2D eigenvalue weighted by Crippen LogP contribution is 2.31. The fourth-order valence-corrected chi connectivity index (χ4v) is 2.95. The van der Waals surface area contributed by atoms with Crippen LogP contribution in [0.2, 0.25) is 10.0 Å². The zero-order valence-corrected chi connectivity index (χ0v) is 11.3. The van der Waals surface area contributed by atoms with Gasteiger partial charge in [-0.25, -0.2) is 4.98 Å². The van der Waals surface area contributed by atoms with Gasteiger partial charge >= 0.3 is 0 Å². The number of imidazole rings is 1. The second kappa shape index (κ2) is 4.02. The smallest absolute Gasteiger partial charge is 0.194 e. The van der Waals surface area contributed by atoms with Gasteiger partial charge in [-0.1, -0.05) is 23.2 Å². The summed E-state index contributed by atoms with van der Waals surface area (Å²) >= 11 is 13.8. The van der Waals surface area contributed by atoms with Crippen LogP contribution in [0.3, 0.4) is 0 Å². The first-order valence-corrected chi connectivity index (χ1v) is 6.67.